The number of nitrogens with zero attached hydrogens (tertiary/aromatic N) is 1. The van der Waals surface area contributed by atoms with Crippen LogP contribution in [0.5, 0.6) is 5.75 Å². The summed E-state index contributed by atoms with van der Waals surface area (Å²) in [6.45, 7) is -0.120. The maximum Gasteiger partial charge on any atom is 0.309 e. The summed E-state index contributed by atoms with van der Waals surface area (Å²) in [5.41, 5.74) is 0.709. The maximum atomic E-state index is 14.1. The molecular weight excluding hydrogens is 460 g/mol. The number of ether oxygens (including phenoxy) is 2. The molecule has 1 aliphatic heterocycles. The molecule has 0 spiro atoms. The van der Waals surface area contributed by atoms with Crippen molar-refractivity contribution in [3.8, 4) is 5.75 Å². The summed E-state index contributed by atoms with van der Waals surface area (Å²) in [7, 11) is -2.95. The molecule has 2 aromatic carbocycles. The third kappa shape index (κ3) is 6.03. The highest BCUT2D eigenvalue weighted by molar-refractivity contribution is 7.89. The van der Waals surface area contributed by atoms with Gasteiger partial charge in [0.2, 0.25) is 10.0 Å². The zero-order valence-corrected chi connectivity index (χ0v) is 18.5. The minimum atomic E-state index is -4.46. The van der Waals surface area contributed by atoms with Gasteiger partial charge < -0.3 is 20.1 Å². The smallest absolute Gasteiger partial charge is 0.309 e. The molecule has 2 N–H and O–H groups in total. The van der Waals surface area contributed by atoms with Gasteiger partial charge in [0.05, 0.1) is 20.3 Å². The summed E-state index contributed by atoms with van der Waals surface area (Å²) in [5, 5.41) is 4.76. The highest BCUT2D eigenvalue weighted by Crippen LogP contribution is 2.25. The van der Waals surface area contributed by atoms with Crippen molar-refractivity contribution in [3.05, 3.63) is 59.7 Å². The number of benzene rings is 2. The number of hydrogen-bond donors (Lipinski definition) is 2. The van der Waals surface area contributed by atoms with Gasteiger partial charge >= 0.3 is 11.8 Å². The lowest BCUT2D eigenvalue weighted by Gasteiger charge is -2.34. The van der Waals surface area contributed by atoms with Crippen LogP contribution in [0.25, 0.3) is 0 Å². The maximum absolute atomic E-state index is 14.1. The average Bonchev–Trinajstić information content (AvgIpc) is 2.82. The van der Waals surface area contributed by atoms with Crippen LogP contribution in [0, 0.1) is 11.6 Å². The molecule has 0 aliphatic carbocycles. The molecule has 1 fully saturated rings. The molecule has 0 saturated carbocycles. The van der Waals surface area contributed by atoms with Crippen molar-refractivity contribution in [2.75, 3.05) is 26.8 Å². The van der Waals surface area contributed by atoms with Crippen molar-refractivity contribution in [1.29, 1.82) is 0 Å². The van der Waals surface area contributed by atoms with Gasteiger partial charge in [-0.1, -0.05) is 12.1 Å². The van der Waals surface area contributed by atoms with E-state index in [1.54, 1.807) is 24.3 Å². The van der Waals surface area contributed by atoms with E-state index in [9.17, 15) is 26.8 Å². The van der Waals surface area contributed by atoms with Gasteiger partial charge in [0, 0.05) is 13.1 Å². The van der Waals surface area contributed by atoms with E-state index in [2.05, 4.69) is 10.6 Å². The molecule has 12 heteroatoms. The molecule has 33 heavy (non-hydrogen) atoms. The first-order chi connectivity index (χ1) is 15.7. The number of hydrogen-bond acceptors (Lipinski definition) is 6. The Kier molecular flexibility index (Phi) is 7.95. The molecule has 9 nitrogen and oxygen atoms in total. The lowest BCUT2D eigenvalue weighted by atomic mass is 10.2. The van der Waals surface area contributed by atoms with Gasteiger partial charge in [-0.15, -0.1) is 0 Å². The zero-order chi connectivity index (χ0) is 24.0. The predicted octanol–water partition coefficient (Wildman–Crippen LogP) is 1.14. The molecule has 0 radical (unpaired) electrons. The normalized spacial score (nSPS) is 16.8. The number of carbonyl (C=O) groups excluding carboxylic acids is 2. The van der Waals surface area contributed by atoms with Crippen LogP contribution in [-0.2, 0) is 30.9 Å². The molecular formula is C21H23F2N3O6S. The Hall–Kier alpha value is -3.09. The van der Waals surface area contributed by atoms with E-state index in [1.807, 2.05) is 0 Å². The first kappa shape index (κ1) is 24.6. The lowest BCUT2D eigenvalue weighted by Crippen LogP contribution is -2.53. The molecule has 178 valence electrons. The number of methoxy groups -OCH3 is 1. The lowest BCUT2D eigenvalue weighted by molar-refractivity contribution is -0.140. The van der Waals surface area contributed by atoms with Crippen LogP contribution in [0.15, 0.2) is 47.4 Å². The van der Waals surface area contributed by atoms with Crippen molar-refractivity contribution < 1.29 is 36.3 Å². The molecule has 2 amide bonds. The molecule has 0 unspecified atom stereocenters. The Morgan fingerprint density at radius 3 is 2.67 bits per heavy atom. The number of carbonyl (C=O) groups is 2. The van der Waals surface area contributed by atoms with E-state index in [0.717, 1.165) is 16.4 Å². The van der Waals surface area contributed by atoms with E-state index < -0.39 is 44.6 Å². The number of sulfonamides is 1. The number of amides is 2. The summed E-state index contributed by atoms with van der Waals surface area (Å²) in [6.07, 6.45) is -0.872. The van der Waals surface area contributed by atoms with E-state index in [0.29, 0.717) is 23.8 Å². The fraction of sp³-hybridized carbons (Fsp3) is 0.333. The van der Waals surface area contributed by atoms with E-state index >= 15 is 0 Å². The zero-order valence-electron chi connectivity index (χ0n) is 17.7. The Labute approximate surface area is 189 Å². The highest BCUT2D eigenvalue weighted by atomic mass is 32.2. The van der Waals surface area contributed by atoms with Crippen LogP contribution in [0.1, 0.15) is 12.0 Å². The summed E-state index contributed by atoms with van der Waals surface area (Å²) in [4.78, 5) is 23.4. The van der Waals surface area contributed by atoms with Gasteiger partial charge in [0.15, 0.2) is 0 Å². The molecule has 1 aliphatic rings. The van der Waals surface area contributed by atoms with Crippen LogP contribution in [0.3, 0.4) is 0 Å². The second-order valence-corrected chi connectivity index (χ2v) is 8.97. The summed E-state index contributed by atoms with van der Waals surface area (Å²) >= 11 is 0. The number of rotatable bonds is 7. The molecule has 0 bridgehead atoms. The SMILES string of the molecule is COc1cccc(CNC(=O)C(=O)NC[C@H]2OCCCN2S(=O)(=O)c2cc(F)ccc2F)c1. The van der Waals surface area contributed by atoms with Crippen molar-refractivity contribution in [1.82, 2.24) is 14.9 Å². The third-order valence-electron chi connectivity index (χ3n) is 4.86. The first-order valence-corrected chi connectivity index (χ1v) is 11.4. The Morgan fingerprint density at radius 2 is 1.91 bits per heavy atom. The van der Waals surface area contributed by atoms with Gasteiger partial charge in [-0.2, -0.15) is 4.31 Å². The topological polar surface area (TPSA) is 114 Å². The Morgan fingerprint density at radius 1 is 1.15 bits per heavy atom. The molecule has 0 aromatic heterocycles. The Bertz CT molecular complexity index is 1130. The largest absolute Gasteiger partial charge is 0.497 e. The fourth-order valence-corrected chi connectivity index (χ4v) is 4.85. The summed E-state index contributed by atoms with van der Waals surface area (Å²) < 4.78 is 64.8. The van der Waals surface area contributed by atoms with Crippen molar-refractivity contribution in [2.24, 2.45) is 0 Å². The second kappa shape index (κ2) is 10.7. The summed E-state index contributed by atoms with van der Waals surface area (Å²) in [6, 6.07) is 9.02. The second-order valence-electron chi connectivity index (χ2n) is 7.11. The quantitative estimate of drug-likeness (QED) is 0.571. The number of nitrogens with one attached hydrogen (secondary N) is 2. The van der Waals surface area contributed by atoms with Crippen LogP contribution < -0.4 is 15.4 Å². The van der Waals surface area contributed by atoms with Crippen LogP contribution >= 0.6 is 0 Å². The minimum Gasteiger partial charge on any atom is -0.497 e. The average molecular weight is 483 g/mol. The van der Waals surface area contributed by atoms with Gasteiger partial charge in [-0.05, 0) is 42.3 Å². The third-order valence-corrected chi connectivity index (χ3v) is 6.77. The van der Waals surface area contributed by atoms with E-state index in [4.69, 9.17) is 9.47 Å². The van der Waals surface area contributed by atoms with Crippen molar-refractivity contribution in [3.63, 3.8) is 0 Å². The van der Waals surface area contributed by atoms with Gasteiger partial charge in [-0.25, -0.2) is 17.2 Å². The standard InChI is InChI=1S/C21H23F2N3O6S/c1-31-16-5-2-4-14(10-16)12-24-20(27)21(28)25-13-19-26(8-3-9-32-19)33(29,30)18-11-15(22)6-7-17(18)23/h2,4-7,10-11,19H,3,8-9,12-13H2,1H3,(H,24,27)(H,25,28)/t19-/m1/s1. The molecule has 1 atom stereocenters. The van der Waals surface area contributed by atoms with E-state index in [-0.39, 0.29) is 26.2 Å². The number of halogens is 2. The van der Waals surface area contributed by atoms with E-state index in [1.165, 1.54) is 7.11 Å². The van der Waals surface area contributed by atoms with Gasteiger partial charge in [0.25, 0.3) is 0 Å². The monoisotopic (exact) mass is 483 g/mol. The van der Waals surface area contributed by atoms with Gasteiger partial charge in [0.1, 0.15) is 28.5 Å². The van der Waals surface area contributed by atoms with Crippen molar-refractivity contribution >= 4 is 21.8 Å². The first-order valence-electron chi connectivity index (χ1n) is 10.00. The molecule has 3 rings (SSSR count). The summed E-state index contributed by atoms with van der Waals surface area (Å²) in [5.74, 6) is -3.36. The van der Waals surface area contributed by atoms with Crippen LogP contribution in [-0.4, -0.2) is 57.6 Å². The van der Waals surface area contributed by atoms with Crippen LogP contribution in [0.4, 0.5) is 8.78 Å². The molecule has 1 saturated heterocycles. The molecule has 1 heterocycles. The highest BCUT2D eigenvalue weighted by Gasteiger charge is 2.36. The van der Waals surface area contributed by atoms with Crippen molar-refractivity contribution in [2.45, 2.75) is 24.1 Å². The molecule has 2 aromatic rings. The fourth-order valence-electron chi connectivity index (χ4n) is 3.21. The van der Waals surface area contributed by atoms with Gasteiger partial charge in [-0.3, -0.25) is 9.59 Å². The van der Waals surface area contributed by atoms with Crippen LogP contribution in [0.2, 0.25) is 0 Å². The Balaban J connectivity index is 1.62. The predicted molar refractivity (Wildman–Crippen MR) is 112 cm³/mol. The minimum absolute atomic E-state index is 0.0269.